The lowest BCUT2D eigenvalue weighted by atomic mass is 9.91. The molecule has 1 N–H and O–H groups in total. The number of alkyl halides is 1. The van der Waals surface area contributed by atoms with Gasteiger partial charge in [-0.2, -0.15) is 0 Å². The topological polar surface area (TPSA) is 45.2 Å². The first-order chi connectivity index (χ1) is 8.98. The van der Waals surface area contributed by atoms with Crippen LogP contribution in [0.25, 0.3) is 0 Å². The van der Waals surface area contributed by atoms with Crippen LogP contribution in [0.3, 0.4) is 0 Å². The van der Waals surface area contributed by atoms with Gasteiger partial charge in [0.1, 0.15) is 10.8 Å². The molecule has 0 unspecified atom stereocenters. The largest absolute Gasteiger partial charge is 0.322 e. The van der Waals surface area contributed by atoms with Crippen molar-refractivity contribution in [2.75, 3.05) is 18.4 Å². The normalized spacial score (nSPS) is 20.9. The maximum absolute atomic E-state index is 14.1. The number of pyridine rings is 1. The van der Waals surface area contributed by atoms with E-state index in [1.54, 1.807) is 6.07 Å². The summed E-state index contributed by atoms with van der Waals surface area (Å²) in [5.74, 6) is 0.162. The van der Waals surface area contributed by atoms with Crippen molar-refractivity contribution < 1.29 is 9.18 Å². The van der Waals surface area contributed by atoms with Gasteiger partial charge in [0, 0.05) is 0 Å². The van der Waals surface area contributed by atoms with E-state index in [1.165, 1.54) is 11.1 Å². The number of nitrogens with zero attached hydrogens (tertiary/aromatic N) is 2. The van der Waals surface area contributed by atoms with Gasteiger partial charge in [-0.1, -0.05) is 11.6 Å². The SMILES string of the molecule is Cc1cc(Cl)ncc1NC(=O)N1CC(F)(C2CC2)C1. The molecule has 3 rings (SSSR count). The fraction of sp³-hybridized carbons (Fsp3) is 0.538. The quantitative estimate of drug-likeness (QED) is 0.848. The third-order valence-corrected chi connectivity index (χ3v) is 4.03. The van der Waals surface area contributed by atoms with Gasteiger partial charge in [-0.15, -0.1) is 0 Å². The molecule has 1 saturated heterocycles. The molecule has 1 aromatic rings. The Morgan fingerprint density at radius 1 is 1.58 bits per heavy atom. The van der Waals surface area contributed by atoms with Crippen LogP contribution in [-0.2, 0) is 0 Å². The minimum atomic E-state index is -1.15. The molecule has 0 radical (unpaired) electrons. The predicted molar refractivity (Wildman–Crippen MR) is 71.1 cm³/mol. The molecule has 2 fully saturated rings. The molecule has 0 spiro atoms. The first-order valence-corrected chi connectivity index (χ1v) is 6.73. The number of carbonyl (C=O) groups is 1. The molecular weight excluding hydrogens is 269 g/mol. The summed E-state index contributed by atoms with van der Waals surface area (Å²) in [6.45, 7) is 2.23. The van der Waals surface area contributed by atoms with Crippen LogP contribution < -0.4 is 5.32 Å². The molecule has 102 valence electrons. The van der Waals surface area contributed by atoms with E-state index in [2.05, 4.69) is 10.3 Å². The molecule has 0 bridgehead atoms. The first kappa shape index (κ1) is 12.7. The lowest BCUT2D eigenvalue weighted by molar-refractivity contribution is -0.0191. The molecule has 4 nitrogen and oxygen atoms in total. The van der Waals surface area contributed by atoms with Gasteiger partial charge in [-0.25, -0.2) is 14.2 Å². The summed E-state index contributed by atoms with van der Waals surface area (Å²) in [7, 11) is 0. The monoisotopic (exact) mass is 283 g/mol. The Labute approximate surface area is 115 Å². The third kappa shape index (κ3) is 2.39. The van der Waals surface area contributed by atoms with E-state index >= 15 is 0 Å². The molecule has 2 heterocycles. The second-order valence-corrected chi connectivity index (χ2v) is 5.80. The van der Waals surface area contributed by atoms with Gasteiger partial charge in [0.25, 0.3) is 0 Å². The molecular formula is C13H15ClFN3O. The van der Waals surface area contributed by atoms with Gasteiger partial charge in [0.05, 0.1) is 25.0 Å². The summed E-state index contributed by atoms with van der Waals surface area (Å²) < 4.78 is 14.1. The Morgan fingerprint density at radius 3 is 2.84 bits per heavy atom. The summed E-state index contributed by atoms with van der Waals surface area (Å²) in [5.41, 5.74) is 0.296. The summed E-state index contributed by atoms with van der Waals surface area (Å²) in [6, 6.07) is 1.40. The van der Waals surface area contributed by atoms with Gasteiger partial charge >= 0.3 is 6.03 Å². The maximum atomic E-state index is 14.1. The number of aryl methyl sites for hydroxylation is 1. The molecule has 2 aliphatic rings. The van der Waals surface area contributed by atoms with Crippen LogP contribution in [0.15, 0.2) is 12.3 Å². The molecule has 0 aromatic carbocycles. The van der Waals surface area contributed by atoms with Crippen LogP contribution >= 0.6 is 11.6 Å². The van der Waals surface area contributed by atoms with Crippen molar-refractivity contribution in [2.45, 2.75) is 25.4 Å². The molecule has 1 aliphatic heterocycles. The van der Waals surface area contributed by atoms with Crippen molar-refractivity contribution in [3.8, 4) is 0 Å². The lowest BCUT2D eigenvalue weighted by Gasteiger charge is -2.44. The second kappa shape index (κ2) is 4.34. The number of carbonyl (C=O) groups excluding carboxylic acids is 1. The lowest BCUT2D eigenvalue weighted by Crippen LogP contribution is -2.63. The van der Waals surface area contributed by atoms with Crippen LogP contribution in [0.2, 0.25) is 5.15 Å². The Morgan fingerprint density at radius 2 is 2.26 bits per heavy atom. The van der Waals surface area contributed by atoms with E-state index in [9.17, 15) is 9.18 Å². The van der Waals surface area contributed by atoms with Crippen LogP contribution in [0, 0.1) is 12.8 Å². The average Bonchev–Trinajstić information content (AvgIpc) is 3.12. The number of hydrogen-bond donors (Lipinski definition) is 1. The van der Waals surface area contributed by atoms with E-state index < -0.39 is 5.67 Å². The summed E-state index contributed by atoms with van der Waals surface area (Å²) in [4.78, 5) is 17.4. The zero-order chi connectivity index (χ0) is 13.6. The standard InChI is InChI=1S/C13H15ClFN3O/c1-8-4-11(14)16-5-10(8)17-12(19)18-6-13(15,7-18)9-2-3-9/h4-5,9H,2-3,6-7H2,1H3,(H,17,19). The molecule has 2 amide bonds. The Bertz CT molecular complexity index is 527. The highest BCUT2D eigenvalue weighted by Gasteiger charge is 2.55. The highest BCUT2D eigenvalue weighted by Crippen LogP contribution is 2.47. The van der Waals surface area contributed by atoms with Crippen molar-refractivity contribution in [1.82, 2.24) is 9.88 Å². The van der Waals surface area contributed by atoms with Gasteiger partial charge < -0.3 is 10.2 Å². The Balaban J connectivity index is 1.60. The maximum Gasteiger partial charge on any atom is 0.322 e. The number of aromatic nitrogens is 1. The van der Waals surface area contributed by atoms with E-state index in [-0.39, 0.29) is 25.0 Å². The molecule has 0 atom stereocenters. The second-order valence-electron chi connectivity index (χ2n) is 5.42. The van der Waals surface area contributed by atoms with Crippen LogP contribution in [0.4, 0.5) is 14.9 Å². The van der Waals surface area contributed by atoms with E-state index in [0.29, 0.717) is 10.8 Å². The number of likely N-dealkylation sites (tertiary alicyclic amines) is 1. The van der Waals surface area contributed by atoms with Crippen molar-refractivity contribution >= 4 is 23.3 Å². The van der Waals surface area contributed by atoms with Crippen molar-refractivity contribution in [3.05, 3.63) is 23.0 Å². The highest BCUT2D eigenvalue weighted by molar-refractivity contribution is 6.29. The number of amides is 2. The van der Waals surface area contributed by atoms with Crippen molar-refractivity contribution in [3.63, 3.8) is 0 Å². The zero-order valence-corrected chi connectivity index (χ0v) is 11.4. The van der Waals surface area contributed by atoms with Crippen molar-refractivity contribution in [2.24, 2.45) is 5.92 Å². The van der Waals surface area contributed by atoms with E-state index in [4.69, 9.17) is 11.6 Å². The Kier molecular flexibility index (Phi) is 2.89. The summed E-state index contributed by atoms with van der Waals surface area (Å²) in [6.07, 6.45) is 3.41. The third-order valence-electron chi connectivity index (χ3n) is 3.82. The van der Waals surface area contributed by atoms with Crippen molar-refractivity contribution in [1.29, 1.82) is 0 Å². The number of hydrogen-bond acceptors (Lipinski definition) is 2. The number of nitrogens with one attached hydrogen (secondary N) is 1. The number of halogens is 2. The van der Waals surface area contributed by atoms with Gasteiger partial charge in [-0.3, -0.25) is 0 Å². The van der Waals surface area contributed by atoms with Crippen LogP contribution in [0.5, 0.6) is 0 Å². The summed E-state index contributed by atoms with van der Waals surface area (Å²) >= 11 is 5.75. The smallest absolute Gasteiger partial charge is 0.318 e. The predicted octanol–water partition coefficient (Wildman–Crippen LogP) is 3.01. The average molecular weight is 284 g/mol. The van der Waals surface area contributed by atoms with Crippen LogP contribution in [0.1, 0.15) is 18.4 Å². The van der Waals surface area contributed by atoms with E-state index in [1.807, 2.05) is 6.92 Å². The molecule has 1 aromatic heterocycles. The first-order valence-electron chi connectivity index (χ1n) is 6.35. The van der Waals surface area contributed by atoms with Gasteiger partial charge in [0.2, 0.25) is 0 Å². The minimum absolute atomic E-state index is 0.162. The molecule has 1 saturated carbocycles. The molecule has 1 aliphatic carbocycles. The highest BCUT2D eigenvalue weighted by atomic mass is 35.5. The number of urea groups is 1. The fourth-order valence-electron chi connectivity index (χ4n) is 2.44. The molecule has 19 heavy (non-hydrogen) atoms. The Hall–Kier alpha value is -1.36. The number of anilines is 1. The van der Waals surface area contributed by atoms with Crippen LogP contribution in [-0.4, -0.2) is 34.7 Å². The zero-order valence-electron chi connectivity index (χ0n) is 10.6. The summed E-state index contributed by atoms with van der Waals surface area (Å²) in [5, 5.41) is 3.12. The van der Waals surface area contributed by atoms with Gasteiger partial charge in [-0.05, 0) is 37.3 Å². The fourth-order valence-corrected chi connectivity index (χ4v) is 2.65. The molecule has 6 heteroatoms. The van der Waals surface area contributed by atoms with E-state index in [0.717, 1.165) is 18.4 Å². The minimum Gasteiger partial charge on any atom is -0.318 e. The number of rotatable bonds is 2. The van der Waals surface area contributed by atoms with Gasteiger partial charge in [0.15, 0.2) is 0 Å².